The Morgan fingerprint density at radius 3 is 2.58 bits per heavy atom. The van der Waals surface area contributed by atoms with Gasteiger partial charge in [-0.3, -0.25) is 4.79 Å². The van der Waals surface area contributed by atoms with E-state index in [1.54, 1.807) is 0 Å². The first-order valence-corrected chi connectivity index (χ1v) is 7.73. The number of likely N-dealkylation sites (tertiary alicyclic amines) is 1. The van der Waals surface area contributed by atoms with Crippen LogP contribution in [0.5, 0.6) is 0 Å². The predicted octanol–water partition coefficient (Wildman–Crippen LogP) is 2.12. The number of nitrogens with one attached hydrogen (secondary N) is 1. The van der Waals surface area contributed by atoms with Gasteiger partial charge in [0.05, 0.1) is 0 Å². The number of hydrogen-bond donors (Lipinski definition) is 1. The molecule has 104 valence electrons. The second-order valence-corrected chi connectivity index (χ2v) is 6.85. The van der Waals surface area contributed by atoms with Crippen LogP contribution in [0.1, 0.15) is 30.4 Å². The minimum absolute atomic E-state index is 0.175. The average molecular weight is 326 g/mol. The van der Waals surface area contributed by atoms with Crippen LogP contribution in [0.4, 0.5) is 0 Å². The van der Waals surface area contributed by atoms with E-state index in [9.17, 15) is 4.79 Å². The molecule has 2 saturated heterocycles. The van der Waals surface area contributed by atoms with Gasteiger partial charge >= 0.3 is 0 Å². The van der Waals surface area contributed by atoms with Crippen LogP contribution in [-0.2, 0) is 0 Å². The molecular formula is C14H20BrN3O. The van der Waals surface area contributed by atoms with Crippen molar-refractivity contribution >= 4 is 21.8 Å². The third-order valence-electron chi connectivity index (χ3n) is 4.27. The van der Waals surface area contributed by atoms with Crippen LogP contribution in [0.2, 0.25) is 0 Å². The molecule has 2 atom stereocenters. The molecule has 2 aliphatic heterocycles. The molecule has 0 saturated carbocycles. The van der Waals surface area contributed by atoms with Gasteiger partial charge in [-0.05, 0) is 47.7 Å². The van der Waals surface area contributed by atoms with E-state index in [2.05, 4.69) is 39.7 Å². The molecule has 4 nitrogen and oxygen atoms in total. The molecule has 0 aliphatic carbocycles. The molecule has 5 heteroatoms. The van der Waals surface area contributed by atoms with Crippen molar-refractivity contribution in [3.8, 4) is 0 Å². The van der Waals surface area contributed by atoms with Gasteiger partial charge in [0.2, 0.25) is 0 Å². The number of aromatic nitrogens is 1. The number of fused-ring (bicyclic) bond motifs is 1. The lowest BCUT2D eigenvalue weighted by Gasteiger charge is -2.20. The number of nitrogens with zero attached hydrogens (tertiary/aromatic N) is 2. The van der Waals surface area contributed by atoms with Crippen molar-refractivity contribution in [2.24, 2.45) is 11.8 Å². The molecule has 1 amide bonds. The number of halogens is 1. The van der Waals surface area contributed by atoms with Gasteiger partial charge < -0.3 is 14.8 Å². The summed E-state index contributed by atoms with van der Waals surface area (Å²) in [5, 5.41) is 3.41. The lowest BCUT2D eigenvalue weighted by Crippen LogP contribution is -2.33. The molecule has 1 N–H and O–H groups in total. The number of amides is 1. The first-order chi connectivity index (χ1) is 9.06. The first kappa shape index (κ1) is 13.2. The molecule has 0 spiro atoms. The third kappa shape index (κ3) is 2.34. The van der Waals surface area contributed by atoms with Crippen molar-refractivity contribution in [2.45, 2.75) is 19.9 Å². The minimum atomic E-state index is 0.175. The lowest BCUT2D eigenvalue weighted by atomic mass is 10.0. The van der Waals surface area contributed by atoms with Crippen molar-refractivity contribution in [1.82, 2.24) is 14.8 Å². The summed E-state index contributed by atoms with van der Waals surface area (Å²) >= 11 is 3.48. The van der Waals surface area contributed by atoms with Gasteiger partial charge in [-0.2, -0.15) is 0 Å². The highest BCUT2D eigenvalue weighted by Crippen LogP contribution is 2.29. The molecule has 2 unspecified atom stereocenters. The van der Waals surface area contributed by atoms with Crippen molar-refractivity contribution < 1.29 is 4.79 Å². The zero-order chi connectivity index (χ0) is 13.6. The van der Waals surface area contributed by atoms with Crippen LogP contribution in [-0.4, -0.2) is 41.6 Å². The maximum Gasteiger partial charge on any atom is 0.270 e. The highest BCUT2D eigenvalue weighted by molar-refractivity contribution is 9.10. The highest BCUT2D eigenvalue weighted by atomic mass is 79.9. The topological polar surface area (TPSA) is 37.3 Å². The third-order valence-corrected chi connectivity index (χ3v) is 4.70. The highest BCUT2D eigenvalue weighted by Gasteiger charge is 2.38. The number of carbonyl (C=O) groups is 1. The zero-order valence-electron chi connectivity index (χ0n) is 11.4. The summed E-state index contributed by atoms with van der Waals surface area (Å²) in [6.07, 6.45) is 2.00. The maximum atomic E-state index is 12.7. The molecule has 1 aromatic heterocycles. The van der Waals surface area contributed by atoms with E-state index >= 15 is 0 Å². The van der Waals surface area contributed by atoms with Crippen LogP contribution in [0.25, 0.3) is 0 Å². The van der Waals surface area contributed by atoms with Crippen molar-refractivity contribution in [2.75, 3.05) is 26.2 Å². The van der Waals surface area contributed by atoms with Gasteiger partial charge in [0.1, 0.15) is 5.69 Å². The summed E-state index contributed by atoms with van der Waals surface area (Å²) in [7, 11) is 0. The number of carbonyl (C=O) groups excluding carboxylic acids is 1. The molecule has 1 aromatic rings. The predicted molar refractivity (Wildman–Crippen MR) is 78.3 cm³/mol. The van der Waals surface area contributed by atoms with Gasteiger partial charge in [0, 0.05) is 42.9 Å². The quantitative estimate of drug-likeness (QED) is 0.904. The normalized spacial score (nSPS) is 26.2. The Kier molecular flexibility index (Phi) is 3.43. The largest absolute Gasteiger partial charge is 0.340 e. The Hall–Kier alpha value is -0.810. The van der Waals surface area contributed by atoms with E-state index in [1.165, 1.54) is 0 Å². The summed E-state index contributed by atoms with van der Waals surface area (Å²) in [5.41, 5.74) is 0.801. The smallest absolute Gasteiger partial charge is 0.270 e. The number of hydrogen-bond acceptors (Lipinski definition) is 2. The fourth-order valence-electron chi connectivity index (χ4n) is 3.23. The van der Waals surface area contributed by atoms with E-state index in [4.69, 9.17) is 0 Å². The minimum Gasteiger partial charge on any atom is -0.340 e. The SMILES string of the molecule is CC(C)n1cc(Br)cc1C(=O)N1CC2CNCC2C1. The average Bonchev–Trinajstić information content (AvgIpc) is 2.99. The lowest BCUT2D eigenvalue weighted by molar-refractivity contribution is 0.0769. The number of rotatable bonds is 2. The van der Waals surface area contributed by atoms with Crippen LogP contribution in [0.15, 0.2) is 16.7 Å². The van der Waals surface area contributed by atoms with Crippen molar-refractivity contribution in [3.63, 3.8) is 0 Å². The summed E-state index contributed by atoms with van der Waals surface area (Å²) in [5.74, 6) is 1.47. The van der Waals surface area contributed by atoms with E-state index < -0.39 is 0 Å². The molecule has 19 heavy (non-hydrogen) atoms. The van der Waals surface area contributed by atoms with Crippen LogP contribution in [0.3, 0.4) is 0 Å². The van der Waals surface area contributed by atoms with Gasteiger partial charge in [0.15, 0.2) is 0 Å². The Morgan fingerprint density at radius 2 is 2.00 bits per heavy atom. The van der Waals surface area contributed by atoms with Crippen molar-refractivity contribution in [1.29, 1.82) is 0 Å². The molecule has 0 aromatic carbocycles. The molecule has 3 heterocycles. The zero-order valence-corrected chi connectivity index (χ0v) is 13.0. The maximum absolute atomic E-state index is 12.7. The molecular weight excluding hydrogens is 306 g/mol. The molecule has 0 radical (unpaired) electrons. The summed E-state index contributed by atoms with van der Waals surface area (Å²) < 4.78 is 3.03. The summed E-state index contributed by atoms with van der Waals surface area (Å²) in [4.78, 5) is 14.7. The Morgan fingerprint density at radius 1 is 1.37 bits per heavy atom. The van der Waals surface area contributed by atoms with Crippen molar-refractivity contribution in [3.05, 3.63) is 22.4 Å². The van der Waals surface area contributed by atoms with E-state index in [0.29, 0.717) is 17.9 Å². The Bertz CT molecular complexity index is 485. The monoisotopic (exact) mass is 325 g/mol. The van der Waals surface area contributed by atoms with E-state index in [-0.39, 0.29) is 5.91 Å². The van der Waals surface area contributed by atoms with Crippen LogP contribution >= 0.6 is 15.9 Å². The second-order valence-electron chi connectivity index (χ2n) is 5.93. The first-order valence-electron chi connectivity index (χ1n) is 6.93. The molecule has 2 aliphatic rings. The molecule has 3 rings (SSSR count). The molecule has 2 fully saturated rings. The molecule has 0 bridgehead atoms. The Labute approximate surface area is 122 Å². The summed E-state index contributed by atoms with van der Waals surface area (Å²) in [6, 6.07) is 2.24. The fourth-order valence-corrected chi connectivity index (χ4v) is 3.66. The van der Waals surface area contributed by atoms with Gasteiger partial charge in [-0.15, -0.1) is 0 Å². The summed E-state index contributed by atoms with van der Waals surface area (Å²) in [6.45, 7) is 8.12. The fraction of sp³-hybridized carbons (Fsp3) is 0.643. The second kappa shape index (κ2) is 4.94. The standard InChI is InChI=1S/C14H20BrN3O/c1-9(2)18-8-12(15)3-13(18)14(19)17-6-10-4-16-5-11(10)7-17/h3,8-11,16H,4-7H2,1-2H3. The van der Waals surface area contributed by atoms with E-state index in [0.717, 1.165) is 36.3 Å². The van der Waals surface area contributed by atoms with Crippen LogP contribution < -0.4 is 5.32 Å². The van der Waals surface area contributed by atoms with Gasteiger partial charge in [-0.1, -0.05) is 0 Å². The van der Waals surface area contributed by atoms with Crippen LogP contribution in [0, 0.1) is 11.8 Å². The van der Waals surface area contributed by atoms with Gasteiger partial charge in [-0.25, -0.2) is 0 Å². The van der Waals surface area contributed by atoms with Gasteiger partial charge in [0.25, 0.3) is 5.91 Å². The Balaban J connectivity index is 1.81. The van der Waals surface area contributed by atoms with E-state index in [1.807, 2.05) is 17.2 Å².